The van der Waals surface area contributed by atoms with Gasteiger partial charge in [-0.05, 0) is 27.7 Å². The molecule has 0 bridgehead atoms. The first-order valence-electron chi connectivity index (χ1n) is 7.16. The third-order valence-corrected chi connectivity index (χ3v) is 4.19. The van der Waals surface area contributed by atoms with Gasteiger partial charge in [0.2, 0.25) is 0 Å². The van der Waals surface area contributed by atoms with E-state index < -0.39 is 41.8 Å². The normalized spacial score (nSPS) is 47.5. The van der Waals surface area contributed by atoms with Gasteiger partial charge in [-0.25, -0.2) is 0 Å². The third kappa shape index (κ3) is 2.42. The van der Waals surface area contributed by atoms with Crippen LogP contribution in [-0.2, 0) is 28.5 Å². The van der Waals surface area contributed by atoms with Crippen LogP contribution in [0.3, 0.4) is 0 Å². The van der Waals surface area contributed by atoms with Gasteiger partial charge < -0.3 is 33.6 Å². The van der Waals surface area contributed by atoms with E-state index in [9.17, 15) is 9.90 Å². The number of ether oxygens (including phenoxy) is 5. The van der Waals surface area contributed by atoms with Crippen molar-refractivity contribution in [3.05, 3.63) is 0 Å². The Balaban J connectivity index is 1.85. The van der Waals surface area contributed by atoms with Crippen molar-refractivity contribution in [3.8, 4) is 0 Å². The third-order valence-electron chi connectivity index (χ3n) is 4.19. The summed E-state index contributed by atoms with van der Waals surface area (Å²) in [6, 6.07) is 0. The van der Waals surface area contributed by atoms with E-state index in [1.165, 1.54) is 0 Å². The van der Waals surface area contributed by atoms with Gasteiger partial charge in [-0.3, -0.25) is 0 Å². The molecule has 3 rings (SSSR count). The zero-order valence-corrected chi connectivity index (χ0v) is 12.7. The van der Waals surface area contributed by atoms with Crippen LogP contribution in [-0.4, -0.2) is 59.8 Å². The molecule has 0 radical (unpaired) electrons. The van der Waals surface area contributed by atoms with Crippen molar-refractivity contribution in [3.63, 3.8) is 0 Å². The zero-order chi connectivity index (χ0) is 15.5. The van der Waals surface area contributed by atoms with E-state index in [2.05, 4.69) is 0 Å². The Kier molecular flexibility index (Phi) is 3.44. The van der Waals surface area contributed by atoms with Gasteiger partial charge in [-0.1, -0.05) is 0 Å². The Morgan fingerprint density at radius 1 is 1.10 bits per heavy atom. The highest BCUT2D eigenvalue weighted by molar-refractivity contribution is 5.52. The summed E-state index contributed by atoms with van der Waals surface area (Å²) < 4.78 is 28.6. The molecule has 0 amide bonds. The lowest BCUT2D eigenvalue weighted by atomic mass is 9.86. The Morgan fingerprint density at radius 3 is 2.33 bits per heavy atom. The molecule has 1 N–H and O–H groups in total. The van der Waals surface area contributed by atoms with Crippen molar-refractivity contribution >= 4 is 6.29 Å². The van der Waals surface area contributed by atoms with Gasteiger partial charge in [0, 0.05) is 6.42 Å². The number of aliphatic hydroxyl groups excluding tert-OH is 1. The van der Waals surface area contributed by atoms with Crippen LogP contribution in [0, 0.1) is 0 Å². The van der Waals surface area contributed by atoms with Gasteiger partial charge in [-0.2, -0.15) is 0 Å². The van der Waals surface area contributed by atoms with Gasteiger partial charge in [-0.15, -0.1) is 0 Å². The second kappa shape index (κ2) is 4.71. The molecule has 5 atom stereocenters. The van der Waals surface area contributed by atoms with Crippen molar-refractivity contribution in [1.29, 1.82) is 0 Å². The lowest BCUT2D eigenvalue weighted by Gasteiger charge is -2.37. The predicted molar refractivity (Wildman–Crippen MR) is 69.2 cm³/mol. The van der Waals surface area contributed by atoms with Crippen LogP contribution in [0.15, 0.2) is 0 Å². The summed E-state index contributed by atoms with van der Waals surface area (Å²) in [5.41, 5.74) is -1.21. The molecule has 3 heterocycles. The highest BCUT2D eigenvalue weighted by Gasteiger charge is 2.65. The first-order valence-corrected chi connectivity index (χ1v) is 7.16. The molecule has 3 aliphatic rings. The first-order chi connectivity index (χ1) is 9.69. The standard InChI is InChI=1S/C14H22O7/c1-12(2)17-7-8(18-12)14(5-6-15)10(16)9-11(21-14)20-13(3,4)19-9/h6,8-11,16H,5,7H2,1-4H3/t8-,9-,10+,11+,14-/m1/s1. The molecule has 0 aromatic carbocycles. The Bertz CT molecular complexity index is 435. The number of carbonyl (C=O) groups excluding carboxylic acids is 1. The zero-order valence-electron chi connectivity index (χ0n) is 12.7. The minimum atomic E-state index is -1.21. The van der Waals surface area contributed by atoms with Gasteiger partial charge in [0.05, 0.1) is 6.61 Å². The maximum Gasteiger partial charge on any atom is 0.190 e. The van der Waals surface area contributed by atoms with Crippen LogP contribution >= 0.6 is 0 Å². The van der Waals surface area contributed by atoms with Crippen LogP contribution < -0.4 is 0 Å². The van der Waals surface area contributed by atoms with Crippen LogP contribution in [0.4, 0.5) is 0 Å². The molecular formula is C14H22O7. The molecular weight excluding hydrogens is 280 g/mol. The highest BCUT2D eigenvalue weighted by atomic mass is 16.8. The smallest absolute Gasteiger partial charge is 0.190 e. The van der Waals surface area contributed by atoms with E-state index in [4.69, 9.17) is 23.7 Å². The molecule has 0 aromatic rings. The Morgan fingerprint density at radius 2 is 1.81 bits per heavy atom. The molecule has 0 unspecified atom stereocenters. The Labute approximate surface area is 123 Å². The number of rotatable bonds is 3. The maximum atomic E-state index is 11.1. The van der Waals surface area contributed by atoms with Crippen LogP contribution in [0.2, 0.25) is 0 Å². The summed E-state index contributed by atoms with van der Waals surface area (Å²) in [6.07, 6.45) is -2.26. The summed E-state index contributed by atoms with van der Waals surface area (Å²) in [4.78, 5) is 11.1. The molecule has 0 aliphatic carbocycles. The average Bonchev–Trinajstić information content (AvgIpc) is 2.93. The van der Waals surface area contributed by atoms with Crippen LogP contribution in [0.25, 0.3) is 0 Å². The van der Waals surface area contributed by atoms with E-state index in [0.29, 0.717) is 6.29 Å². The summed E-state index contributed by atoms with van der Waals surface area (Å²) in [7, 11) is 0. The van der Waals surface area contributed by atoms with Crippen molar-refractivity contribution < 1.29 is 33.6 Å². The fraction of sp³-hybridized carbons (Fsp3) is 0.929. The molecule has 3 fully saturated rings. The van der Waals surface area contributed by atoms with Crippen LogP contribution in [0.1, 0.15) is 34.1 Å². The average molecular weight is 302 g/mol. The van der Waals surface area contributed by atoms with Gasteiger partial charge >= 0.3 is 0 Å². The quantitative estimate of drug-likeness (QED) is 0.752. The molecule has 21 heavy (non-hydrogen) atoms. The number of fused-ring (bicyclic) bond motifs is 1. The molecule has 7 nitrogen and oxygen atoms in total. The van der Waals surface area contributed by atoms with Gasteiger partial charge in [0.1, 0.15) is 30.2 Å². The summed E-state index contributed by atoms with van der Waals surface area (Å²) in [5.74, 6) is -1.60. The van der Waals surface area contributed by atoms with Crippen molar-refractivity contribution in [2.45, 2.75) is 75.9 Å². The van der Waals surface area contributed by atoms with Crippen LogP contribution in [0.5, 0.6) is 0 Å². The molecule has 3 aliphatic heterocycles. The number of hydrogen-bond acceptors (Lipinski definition) is 7. The second-order valence-electron chi connectivity index (χ2n) is 6.67. The van der Waals surface area contributed by atoms with Gasteiger partial charge in [0.15, 0.2) is 17.9 Å². The van der Waals surface area contributed by atoms with Crippen molar-refractivity contribution in [1.82, 2.24) is 0 Å². The lowest BCUT2D eigenvalue weighted by molar-refractivity contribution is -0.264. The number of aldehydes is 1. The van der Waals surface area contributed by atoms with Crippen molar-refractivity contribution in [2.75, 3.05) is 6.61 Å². The minimum Gasteiger partial charge on any atom is -0.387 e. The molecule has 0 saturated carbocycles. The van der Waals surface area contributed by atoms with Gasteiger partial charge in [0.25, 0.3) is 0 Å². The summed E-state index contributed by atoms with van der Waals surface area (Å²) in [6.45, 7) is 7.29. The fourth-order valence-corrected chi connectivity index (χ4v) is 3.25. The molecule has 0 aromatic heterocycles. The predicted octanol–water partition coefficient (Wildman–Crippen LogP) is 0.334. The summed E-state index contributed by atoms with van der Waals surface area (Å²) >= 11 is 0. The van der Waals surface area contributed by atoms with E-state index in [-0.39, 0.29) is 13.0 Å². The molecule has 3 saturated heterocycles. The second-order valence-corrected chi connectivity index (χ2v) is 6.67. The highest BCUT2D eigenvalue weighted by Crippen LogP contribution is 2.47. The number of carbonyl (C=O) groups is 1. The monoisotopic (exact) mass is 302 g/mol. The number of aliphatic hydroxyl groups is 1. The first kappa shape index (κ1) is 15.3. The largest absolute Gasteiger partial charge is 0.387 e. The Hall–Kier alpha value is -0.570. The maximum absolute atomic E-state index is 11.1. The fourth-order valence-electron chi connectivity index (χ4n) is 3.25. The SMILES string of the molecule is CC1(C)O[C@H]2O[C@](CC=O)([C@H]3COC(C)(C)O3)[C@@H](O)[C@H]2O1. The van der Waals surface area contributed by atoms with E-state index >= 15 is 0 Å². The van der Waals surface area contributed by atoms with E-state index in [0.717, 1.165) is 0 Å². The summed E-state index contributed by atoms with van der Waals surface area (Å²) in [5, 5.41) is 10.7. The lowest BCUT2D eigenvalue weighted by Crippen LogP contribution is -2.55. The van der Waals surface area contributed by atoms with E-state index in [1.54, 1.807) is 27.7 Å². The topological polar surface area (TPSA) is 83.5 Å². The minimum absolute atomic E-state index is 0.0155. The molecule has 7 heteroatoms. The number of hydrogen-bond donors (Lipinski definition) is 1. The van der Waals surface area contributed by atoms with E-state index in [1.807, 2.05) is 0 Å². The van der Waals surface area contributed by atoms with Crippen molar-refractivity contribution in [2.24, 2.45) is 0 Å². The molecule has 0 spiro atoms. The molecule has 120 valence electrons.